The highest BCUT2D eigenvalue weighted by atomic mass is 32.1. The van der Waals surface area contributed by atoms with E-state index in [4.69, 9.17) is 9.47 Å². The number of carbonyl (C=O) groups excluding carboxylic acids is 1. The highest BCUT2D eigenvalue weighted by Crippen LogP contribution is 2.35. The summed E-state index contributed by atoms with van der Waals surface area (Å²) < 4.78 is 11.3. The highest BCUT2D eigenvalue weighted by molar-refractivity contribution is 7.16. The fraction of sp³-hybridized carbons (Fsp3) is 0.125. The van der Waals surface area contributed by atoms with E-state index in [0.29, 0.717) is 11.3 Å². The zero-order valence-corrected chi connectivity index (χ0v) is 12.4. The van der Waals surface area contributed by atoms with Crippen molar-refractivity contribution in [3.63, 3.8) is 0 Å². The van der Waals surface area contributed by atoms with Crippen molar-refractivity contribution >= 4 is 27.5 Å². The first-order valence-electron chi connectivity index (χ1n) is 6.33. The third-order valence-electron chi connectivity index (χ3n) is 3.26. The molecule has 5 heteroatoms. The Morgan fingerprint density at radius 1 is 1.19 bits per heavy atom. The largest absolute Gasteiger partial charge is 0.494 e. The first-order valence-corrected chi connectivity index (χ1v) is 7.21. The minimum absolute atomic E-state index is 0.353. The number of aromatic nitrogens is 1. The normalized spacial score (nSPS) is 10.6. The molecule has 1 heterocycles. The number of fused-ring (bicyclic) bond motifs is 1. The third kappa shape index (κ3) is 2.36. The molecule has 3 aromatic rings. The van der Waals surface area contributed by atoms with Crippen molar-refractivity contribution in [2.24, 2.45) is 0 Å². The lowest BCUT2D eigenvalue weighted by Gasteiger charge is -2.10. The van der Waals surface area contributed by atoms with Gasteiger partial charge in [0.05, 0.1) is 30.0 Å². The van der Waals surface area contributed by atoms with E-state index < -0.39 is 0 Å². The van der Waals surface area contributed by atoms with Gasteiger partial charge in [0.2, 0.25) is 0 Å². The average molecular weight is 299 g/mol. The lowest BCUT2D eigenvalue weighted by Crippen LogP contribution is -2.03. The van der Waals surface area contributed by atoms with E-state index in [-0.39, 0.29) is 5.97 Å². The molecule has 106 valence electrons. The second kappa shape index (κ2) is 5.54. The van der Waals surface area contributed by atoms with Gasteiger partial charge in [-0.2, -0.15) is 0 Å². The minimum Gasteiger partial charge on any atom is -0.494 e. The quantitative estimate of drug-likeness (QED) is 0.691. The molecule has 2 aromatic carbocycles. The highest BCUT2D eigenvalue weighted by Gasteiger charge is 2.15. The van der Waals surface area contributed by atoms with Gasteiger partial charge in [-0.15, -0.1) is 11.3 Å². The standard InChI is InChI=1S/C16H13NO3S/c1-19-13-7-10(8-14-15(13)17-9-21-14)11-5-3-4-6-12(11)16(18)20-2/h3-9H,1-2H3. The van der Waals surface area contributed by atoms with E-state index in [9.17, 15) is 4.79 Å². The van der Waals surface area contributed by atoms with Crippen molar-refractivity contribution in [3.05, 3.63) is 47.5 Å². The van der Waals surface area contributed by atoms with Crippen LogP contribution in [0.2, 0.25) is 0 Å². The molecule has 0 unspecified atom stereocenters. The van der Waals surface area contributed by atoms with E-state index in [1.54, 1.807) is 18.7 Å². The average Bonchev–Trinajstić information content (AvgIpc) is 3.01. The summed E-state index contributed by atoms with van der Waals surface area (Å²) in [6.45, 7) is 0. The Balaban J connectivity index is 2.23. The van der Waals surface area contributed by atoms with Crippen molar-refractivity contribution in [2.75, 3.05) is 14.2 Å². The Labute approximate surface area is 126 Å². The minimum atomic E-state index is -0.353. The van der Waals surface area contributed by atoms with Crippen LogP contribution in [-0.4, -0.2) is 25.2 Å². The molecule has 4 nitrogen and oxygen atoms in total. The van der Waals surface area contributed by atoms with Gasteiger partial charge in [0.25, 0.3) is 0 Å². The molecule has 1 aromatic heterocycles. The molecular weight excluding hydrogens is 286 g/mol. The first kappa shape index (κ1) is 13.6. The van der Waals surface area contributed by atoms with Crippen LogP contribution in [0, 0.1) is 0 Å². The fourth-order valence-corrected chi connectivity index (χ4v) is 3.00. The number of nitrogens with zero attached hydrogens (tertiary/aromatic N) is 1. The summed E-state index contributed by atoms with van der Waals surface area (Å²) in [4.78, 5) is 16.2. The van der Waals surface area contributed by atoms with Gasteiger partial charge < -0.3 is 9.47 Å². The number of hydrogen-bond donors (Lipinski definition) is 0. The van der Waals surface area contributed by atoms with Crippen molar-refractivity contribution < 1.29 is 14.3 Å². The van der Waals surface area contributed by atoms with Gasteiger partial charge in [0.15, 0.2) is 0 Å². The second-order valence-electron chi connectivity index (χ2n) is 4.41. The molecule has 0 aliphatic carbocycles. The number of benzene rings is 2. The molecule has 0 aliphatic rings. The van der Waals surface area contributed by atoms with Crippen LogP contribution in [-0.2, 0) is 4.74 Å². The van der Waals surface area contributed by atoms with Crippen molar-refractivity contribution in [1.82, 2.24) is 4.98 Å². The van der Waals surface area contributed by atoms with E-state index in [2.05, 4.69) is 4.98 Å². The third-order valence-corrected chi connectivity index (χ3v) is 4.04. The number of carbonyl (C=O) groups is 1. The van der Waals surface area contributed by atoms with Gasteiger partial charge in [-0.3, -0.25) is 0 Å². The van der Waals surface area contributed by atoms with Crippen LogP contribution < -0.4 is 4.74 Å². The number of ether oxygens (including phenoxy) is 2. The maximum atomic E-state index is 11.9. The molecule has 0 spiro atoms. The fourth-order valence-electron chi connectivity index (χ4n) is 2.27. The molecule has 0 amide bonds. The van der Waals surface area contributed by atoms with E-state index in [1.807, 2.05) is 30.3 Å². The topological polar surface area (TPSA) is 48.4 Å². The van der Waals surface area contributed by atoms with E-state index in [1.165, 1.54) is 18.4 Å². The van der Waals surface area contributed by atoms with Crippen molar-refractivity contribution in [2.45, 2.75) is 0 Å². The zero-order valence-electron chi connectivity index (χ0n) is 11.6. The predicted molar refractivity (Wildman–Crippen MR) is 82.9 cm³/mol. The number of rotatable bonds is 3. The number of esters is 1. The SMILES string of the molecule is COC(=O)c1ccccc1-c1cc(OC)c2ncsc2c1. The van der Waals surface area contributed by atoms with Gasteiger partial charge in [0.1, 0.15) is 11.3 Å². The maximum absolute atomic E-state index is 11.9. The number of thiazole rings is 1. The van der Waals surface area contributed by atoms with Crippen molar-refractivity contribution in [1.29, 1.82) is 0 Å². The monoisotopic (exact) mass is 299 g/mol. The van der Waals surface area contributed by atoms with Gasteiger partial charge in [-0.25, -0.2) is 9.78 Å². The Hall–Kier alpha value is -2.40. The molecule has 0 aliphatic heterocycles. The zero-order chi connectivity index (χ0) is 14.8. The second-order valence-corrected chi connectivity index (χ2v) is 5.30. The van der Waals surface area contributed by atoms with Gasteiger partial charge in [-0.1, -0.05) is 18.2 Å². The lowest BCUT2D eigenvalue weighted by atomic mass is 9.99. The smallest absolute Gasteiger partial charge is 0.338 e. The molecule has 0 saturated carbocycles. The predicted octanol–water partition coefficient (Wildman–Crippen LogP) is 3.76. The van der Waals surface area contributed by atoms with Crippen LogP contribution >= 0.6 is 11.3 Å². The Bertz CT molecular complexity index is 810. The van der Waals surface area contributed by atoms with Crippen LogP contribution in [0.3, 0.4) is 0 Å². The molecule has 21 heavy (non-hydrogen) atoms. The van der Waals surface area contributed by atoms with Crippen molar-refractivity contribution in [3.8, 4) is 16.9 Å². The summed E-state index contributed by atoms with van der Waals surface area (Å²) >= 11 is 1.54. The molecule has 0 atom stereocenters. The molecule has 3 rings (SSSR count). The molecule has 0 N–H and O–H groups in total. The van der Waals surface area contributed by atoms with Crippen LogP contribution in [0.5, 0.6) is 5.75 Å². The number of hydrogen-bond acceptors (Lipinski definition) is 5. The molecule has 0 saturated heterocycles. The van der Waals surface area contributed by atoms with Crippen LogP contribution in [0.4, 0.5) is 0 Å². The van der Waals surface area contributed by atoms with Gasteiger partial charge in [0, 0.05) is 0 Å². The van der Waals surface area contributed by atoms with Crippen LogP contribution in [0.25, 0.3) is 21.3 Å². The van der Waals surface area contributed by atoms with Crippen LogP contribution in [0.1, 0.15) is 10.4 Å². The summed E-state index contributed by atoms with van der Waals surface area (Å²) in [6.07, 6.45) is 0. The molecular formula is C16H13NO3S. The lowest BCUT2D eigenvalue weighted by molar-refractivity contribution is 0.0601. The first-order chi connectivity index (χ1) is 10.2. The Morgan fingerprint density at radius 2 is 2.00 bits per heavy atom. The maximum Gasteiger partial charge on any atom is 0.338 e. The van der Waals surface area contributed by atoms with E-state index >= 15 is 0 Å². The molecule has 0 fully saturated rings. The number of methoxy groups -OCH3 is 2. The van der Waals surface area contributed by atoms with Gasteiger partial charge >= 0.3 is 5.97 Å². The summed E-state index contributed by atoms with van der Waals surface area (Å²) in [5.74, 6) is 0.345. The van der Waals surface area contributed by atoms with Crippen LogP contribution in [0.15, 0.2) is 41.9 Å². The Kier molecular flexibility index (Phi) is 3.58. The van der Waals surface area contributed by atoms with Gasteiger partial charge in [-0.05, 0) is 29.3 Å². The summed E-state index contributed by atoms with van der Waals surface area (Å²) in [6, 6.07) is 11.3. The van der Waals surface area contributed by atoms with E-state index in [0.717, 1.165) is 21.3 Å². The molecule has 0 radical (unpaired) electrons. The Morgan fingerprint density at radius 3 is 2.76 bits per heavy atom. The summed E-state index contributed by atoms with van der Waals surface area (Å²) in [7, 11) is 3.00. The molecule has 0 bridgehead atoms. The summed E-state index contributed by atoms with van der Waals surface area (Å²) in [5, 5.41) is 0. The summed E-state index contributed by atoms with van der Waals surface area (Å²) in [5.41, 5.74) is 4.87.